The van der Waals surface area contributed by atoms with Crippen LogP contribution in [0.15, 0.2) is 43.2 Å². The highest BCUT2D eigenvalue weighted by molar-refractivity contribution is 7.80. The molecule has 51 heavy (non-hydrogen) atoms. The standard InChI is InChI=1S/C19H36.C18H34.C13H28S/c1-5-8-10-12-13-15-17-19(18(4)7-3)16-14-11-9-6-2;1-4-7-9-11-12-14-17-18(15-6-3)16-13-10-8-5-2;1-3-10-13(4-2)11-8-6-5-7-9-12-14/h7,19H,3-6,8-17H2,1-2H3;15,18H,3-5,7-14,16-17H2,1-2H3;13-14H,3-12H2,1-2H3. The van der Waals surface area contributed by atoms with Crippen molar-refractivity contribution < 1.29 is 0 Å². The first kappa shape index (κ1) is 54.7. The molecule has 0 aromatic rings. The Labute approximate surface area is 331 Å². The molecule has 0 rings (SSSR count). The Balaban J connectivity index is -0.000000686. The summed E-state index contributed by atoms with van der Waals surface area (Å²) in [6.07, 6.45) is 49.8. The minimum atomic E-state index is 0.695. The Morgan fingerprint density at radius 1 is 0.490 bits per heavy atom. The van der Waals surface area contributed by atoms with Crippen LogP contribution in [-0.2, 0) is 0 Å². The Morgan fingerprint density at radius 2 is 0.863 bits per heavy atom. The Bertz CT molecular complexity index is 700. The Hall–Kier alpha value is -0.650. The van der Waals surface area contributed by atoms with Crippen LogP contribution in [0.2, 0.25) is 0 Å². The molecule has 0 saturated carbocycles. The zero-order valence-electron chi connectivity index (χ0n) is 36.5. The van der Waals surface area contributed by atoms with Crippen molar-refractivity contribution in [3.8, 4) is 0 Å². The second-order valence-corrected chi connectivity index (χ2v) is 16.2. The smallest absolute Gasteiger partial charge is 0.00979 e. The molecular formula is C50H98S. The monoisotopic (exact) mass is 731 g/mol. The van der Waals surface area contributed by atoms with Crippen molar-refractivity contribution in [3.63, 3.8) is 0 Å². The van der Waals surface area contributed by atoms with Crippen LogP contribution in [0.4, 0.5) is 0 Å². The zero-order chi connectivity index (χ0) is 38.5. The fraction of sp³-hybridized carbons (Fsp3) is 0.860. The van der Waals surface area contributed by atoms with Gasteiger partial charge in [-0.3, -0.25) is 0 Å². The summed E-state index contributed by atoms with van der Waals surface area (Å²) in [6, 6.07) is 0. The lowest BCUT2D eigenvalue weighted by atomic mass is 9.88. The van der Waals surface area contributed by atoms with E-state index in [1.54, 1.807) is 0 Å². The first-order valence-corrected chi connectivity index (χ1v) is 23.9. The van der Waals surface area contributed by atoms with Crippen LogP contribution in [0.25, 0.3) is 0 Å². The number of unbranched alkanes of at least 4 members (excludes halogenated alkanes) is 20. The fourth-order valence-corrected chi connectivity index (χ4v) is 7.43. The maximum Gasteiger partial charge on any atom is -0.00979 e. The van der Waals surface area contributed by atoms with E-state index in [0.29, 0.717) is 5.92 Å². The van der Waals surface area contributed by atoms with E-state index in [2.05, 4.69) is 85.7 Å². The van der Waals surface area contributed by atoms with E-state index in [1.807, 2.05) is 6.08 Å². The van der Waals surface area contributed by atoms with Crippen molar-refractivity contribution in [1.82, 2.24) is 0 Å². The lowest BCUT2D eigenvalue weighted by molar-refractivity contribution is 0.409. The fourth-order valence-electron chi connectivity index (χ4n) is 7.20. The first-order valence-electron chi connectivity index (χ1n) is 23.2. The summed E-state index contributed by atoms with van der Waals surface area (Å²) in [5.74, 6) is 3.50. The number of thiol groups is 1. The highest BCUT2D eigenvalue weighted by atomic mass is 32.1. The predicted octanol–water partition coefficient (Wildman–Crippen LogP) is 18.8. The molecule has 3 atom stereocenters. The summed E-state index contributed by atoms with van der Waals surface area (Å²) in [5.41, 5.74) is 4.26. The molecule has 0 aliphatic heterocycles. The van der Waals surface area contributed by atoms with Crippen LogP contribution < -0.4 is 0 Å². The van der Waals surface area contributed by atoms with Crippen LogP contribution in [0.1, 0.15) is 253 Å². The molecule has 0 aliphatic rings. The molecule has 0 aromatic carbocycles. The molecular weight excluding hydrogens is 633 g/mol. The number of hydrogen-bond acceptors (Lipinski definition) is 1. The van der Waals surface area contributed by atoms with Gasteiger partial charge < -0.3 is 0 Å². The highest BCUT2D eigenvalue weighted by Crippen LogP contribution is 2.25. The third-order valence-electron chi connectivity index (χ3n) is 10.9. The van der Waals surface area contributed by atoms with Crippen LogP contribution in [0.5, 0.6) is 0 Å². The second kappa shape index (κ2) is 49.4. The highest BCUT2D eigenvalue weighted by Gasteiger charge is 2.10. The summed E-state index contributed by atoms with van der Waals surface area (Å²) in [4.78, 5) is 0. The van der Waals surface area contributed by atoms with Gasteiger partial charge in [-0.25, -0.2) is 0 Å². The van der Waals surface area contributed by atoms with Crippen LogP contribution in [0, 0.1) is 17.8 Å². The number of allylic oxidation sites excluding steroid dienone is 3. The topological polar surface area (TPSA) is 0 Å². The van der Waals surface area contributed by atoms with E-state index in [0.717, 1.165) is 17.6 Å². The van der Waals surface area contributed by atoms with Gasteiger partial charge in [0.25, 0.3) is 0 Å². The van der Waals surface area contributed by atoms with Crippen molar-refractivity contribution in [2.75, 3.05) is 5.75 Å². The van der Waals surface area contributed by atoms with Gasteiger partial charge in [0.05, 0.1) is 0 Å². The average molecular weight is 731 g/mol. The van der Waals surface area contributed by atoms with Gasteiger partial charge in [-0.05, 0) is 61.7 Å². The molecule has 0 bridgehead atoms. The Kier molecular flexibility index (Phi) is 52.9. The van der Waals surface area contributed by atoms with Crippen LogP contribution >= 0.6 is 12.6 Å². The second-order valence-electron chi connectivity index (χ2n) is 15.8. The summed E-state index contributed by atoms with van der Waals surface area (Å²) in [5, 5.41) is 0. The van der Waals surface area contributed by atoms with Gasteiger partial charge in [0.1, 0.15) is 0 Å². The maximum atomic E-state index is 4.22. The molecule has 1 heteroatoms. The summed E-state index contributed by atoms with van der Waals surface area (Å²) in [6.45, 7) is 25.6. The molecule has 0 N–H and O–H groups in total. The molecule has 0 nitrogen and oxygen atoms in total. The van der Waals surface area contributed by atoms with Gasteiger partial charge in [-0.15, -0.1) is 5.73 Å². The third-order valence-corrected chi connectivity index (χ3v) is 11.2. The average Bonchev–Trinajstić information content (AvgIpc) is 3.14. The van der Waals surface area contributed by atoms with Gasteiger partial charge in [0, 0.05) is 0 Å². The summed E-state index contributed by atoms with van der Waals surface area (Å²) in [7, 11) is 0. The van der Waals surface area contributed by atoms with Gasteiger partial charge in [-0.2, -0.15) is 12.6 Å². The minimum absolute atomic E-state index is 0.695. The van der Waals surface area contributed by atoms with E-state index >= 15 is 0 Å². The molecule has 3 unspecified atom stereocenters. The van der Waals surface area contributed by atoms with E-state index < -0.39 is 0 Å². The Morgan fingerprint density at radius 3 is 1.24 bits per heavy atom. The van der Waals surface area contributed by atoms with Crippen molar-refractivity contribution >= 4 is 12.6 Å². The first-order chi connectivity index (χ1) is 24.9. The molecule has 0 saturated heterocycles. The van der Waals surface area contributed by atoms with Gasteiger partial charge in [-0.1, -0.05) is 253 Å². The largest absolute Gasteiger partial charge is 0.179 e. The minimum Gasteiger partial charge on any atom is -0.179 e. The number of rotatable bonds is 37. The molecule has 0 fully saturated rings. The van der Waals surface area contributed by atoms with E-state index in [9.17, 15) is 0 Å². The maximum absolute atomic E-state index is 4.22. The molecule has 0 aliphatic carbocycles. The molecule has 0 aromatic heterocycles. The van der Waals surface area contributed by atoms with Crippen LogP contribution in [-0.4, -0.2) is 5.75 Å². The van der Waals surface area contributed by atoms with Crippen molar-refractivity contribution in [2.45, 2.75) is 253 Å². The van der Waals surface area contributed by atoms with E-state index in [4.69, 9.17) is 0 Å². The summed E-state index contributed by atoms with van der Waals surface area (Å²) >= 11 is 4.22. The SMILES string of the molecule is C=C=CC(CCCCCC)CCCCCCCC.C=CC(=C)C(CCCCCC)CCCCCCCC.CCCC(CC)CCCCCCCS. The molecule has 0 heterocycles. The lowest BCUT2D eigenvalue weighted by Gasteiger charge is -2.17. The predicted molar refractivity (Wildman–Crippen MR) is 244 cm³/mol. The number of hydrogen-bond donors (Lipinski definition) is 1. The lowest BCUT2D eigenvalue weighted by Crippen LogP contribution is -2.02. The van der Waals surface area contributed by atoms with Gasteiger partial charge in [0.2, 0.25) is 0 Å². The van der Waals surface area contributed by atoms with E-state index in [-0.39, 0.29) is 0 Å². The molecule has 0 radical (unpaired) electrons. The molecule has 0 amide bonds. The normalized spacial score (nSPS) is 12.5. The summed E-state index contributed by atoms with van der Waals surface area (Å²) < 4.78 is 0. The van der Waals surface area contributed by atoms with Crippen molar-refractivity contribution in [3.05, 3.63) is 43.2 Å². The third kappa shape index (κ3) is 45.4. The molecule has 304 valence electrons. The van der Waals surface area contributed by atoms with Crippen molar-refractivity contribution in [1.29, 1.82) is 0 Å². The van der Waals surface area contributed by atoms with Crippen LogP contribution in [0.3, 0.4) is 0 Å². The van der Waals surface area contributed by atoms with Gasteiger partial charge in [0.15, 0.2) is 0 Å². The van der Waals surface area contributed by atoms with E-state index in [1.165, 1.54) is 217 Å². The van der Waals surface area contributed by atoms with Gasteiger partial charge >= 0.3 is 0 Å². The zero-order valence-corrected chi connectivity index (χ0v) is 37.4. The molecule has 0 spiro atoms. The quantitative estimate of drug-likeness (QED) is 0.0280. The van der Waals surface area contributed by atoms with Crippen molar-refractivity contribution in [2.24, 2.45) is 17.8 Å².